The highest BCUT2D eigenvalue weighted by molar-refractivity contribution is 5.96. The molecule has 5 nitrogen and oxygen atoms in total. The van der Waals surface area contributed by atoms with Crippen molar-refractivity contribution in [3.05, 3.63) is 41.5 Å². The number of carbonyl (C=O) groups excluding carboxylic acids is 2. The molecule has 1 aliphatic carbocycles. The summed E-state index contributed by atoms with van der Waals surface area (Å²) in [5.74, 6) is 0.0570. The Bertz CT molecular complexity index is 651. The van der Waals surface area contributed by atoms with Gasteiger partial charge in [-0.3, -0.25) is 4.79 Å². The number of nitrogens with one attached hydrogen (secondary N) is 2. The molecule has 1 atom stereocenters. The summed E-state index contributed by atoms with van der Waals surface area (Å²) in [7, 11) is 0. The topological polar surface area (TPSA) is 61.4 Å². The minimum absolute atomic E-state index is 0.0570. The van der Waals surface area contributed by atoms with Crippen LogP contribution in [0.1, 0.15) is 44.1 Å². The lowest BCUT2D eigenvalue weighted by atomic mass is 9.97. The number of rotatable bonds is 5. The van der Waals surface area contributed by atoms with E-state index in [1.54, 1.807) is 4.90 Å². The molecule has 1 aliphatic heterocycles. The van der Waals surface area contributed by atoms with Gasteiger partial charge in [0, 0.05) is 25.2 Å². The van der Waals surface area contributed by atoms with Gasteiger partial charge in [-0.2, -0.15) is 0 Å². The molecule has 25 heavy (non-hydrogen) atoms. The van der Waals surface area contributed by atoms with Crippen LogP contribution in [0.5, 0.6) is 0 Å². The number of amides is 3. The van der Waals surface area contributed by atoms with Crippen molar-refractivity contribution < 1.29 is 9.59 Å². The van der Waals surface area contributed by atoms with Crippen LogP contribution in [0.2, 0.25) is 0 Å². The highest BCUT2D eigenvalue weighted by Gasteiger charge is 2.31. The van der Waals surface area contributed by atoms with Gasteiger partial charge in [0.25, 0.3) is 0 Å². The number of benzene rings is 1. The number of anilines is 1. The van der Waals surface area contributed by atoms with Gasteiger partial charge < -0.3 is 15.5 Å². The van der Waals surface area contributed by atoms with Gasteiger partial charge in [-0.25, -0.2) is 4.79 Å². The van der Waals surface area contributed by atoms with Crippen molar-refractivity contribution >= 4 is 17.6 Å². The Morgan fingerprint density at radius 1 is 1.24 bits per heavy atom. The maximum atomic E-state index is 12.2. The predicted octanol–water partition coefficient (Wildman–Crippen LogP) is 3.29. The minimum atomic E-state index is -0.181. The molecule has 1 aromatic carbocycles. The van der Waals surface area contributed by atoms with Crippen molar-refractivity contribution in [1.82, 2.24) is 10.6 Å². The number of allylic oxidation sites excluding steroid dienone is 1. The molecular formula is C20H27N3O2. The SMILES string of the molecule is Cc1ccc(N2C[C@@H](NC(=O)NCCC3=CCCCC3)CC2=O)cc1. The Balaban J connectivity index is 1.43. The van der Waals surface area contributed by atoms with Crippen molar-refractivity contribution in [3.63, 3.8) is 0 Å². The van der Waals surface area contributed by atoms with Crippen LogP contribution in [0.25, 0.3) is 0 Å². The standard InChI is InChI=1S/C20H27N3O2/c1-15-7-9-18(10-8-15)23-14-17(13-19(23)24)22-20(25)21-12-11-16-5-3-2-4-6-16/h5,7-10,17H,2-4,6,11-14H2,1H3,(H2,21,22,25)/t17-/m0/s1. The minimum Gasteiger partial charge on any atom is -0.338 e. The Morgan fingerprint density at radius 2 is 2.04 bits per heavy atom. The third kappa shape index (κ3) is 4.84. The zero-order chi connectivity index (χ0) is 17.6. The summed E-state index contributed by atoms with van der Waals surface area (Å²) in [5.41, 5.74) is 3.51. The fourth-order valence-corrected chi connectivity index (χ4v) is 3.48. The molecule has 0 bridgehead atoms. The Hall–Kier alpha value is -2.30. The first-order valence-electron chi connectivity index (χ1n) is 9.21. The number of urea groups is 1. The number of hydrogen-bond donors (Lipinski definition) is 2. The average Bonchev–Trinajstić information content (AvgIpc) is 2.96. The van der Waals surface area contributed by atoms with E-state index in [1.165, 1.54) is 24.8 Å². The van der Waals surface area contributed by atoms with E-state index >= 15 is 0 Å². The number of hydrogen-bond acceptors (Lipinski definition) is 2. The van der Waals surface area contributed by atoms with E-state index in [0.29, 0.717) is 19.5 Å². The fourth-order valence-electron chi connectivity index (χ4n) is 3.48. The highest BCUT2D eigenvalue weighted by atomic mass is 16.2. The fraction of sp³-hybridized carbons (Fsp3) is 0.500. The Morgan fingerprint density at radius 3 is 2.76 bits per heavy atom. The van der Waals surface area contributed by atoms with E-state index in [-0.39, 0.29) is 18.0 Å². The maximum absolute atomic E-state index is 12.2. The van der Waals surface area contributed by atoms with Gasteiger partial charge >= 0.3 is 6.03 Å². The van der Waals surface area contributed by atoms with Gasteiger partial charge in [-0.15, -0.1) is 0 Å². The lowest BCUT2D eigenvalue weighted by molar-refractivity contribution is -0.117. The summed E-state index contributed by atoms with van der Waals surface area (Å²) < 4.78 is 0. The quantitative estimate of drug-likeness (QED) is 0.807. The molecule has 3 amide bonds. The van der Waals surface area contributed by atoms with Gasteiger partial charge in [0.15, 0.2) is 0 Å². The summed E-state index contributed by atoms with van der Waals surface area (Å²) in [6.45, 7) is 3.20. The van der Waals surface area contributed by atoms with E-state index < -0.39 is 0 Å². The van der Waals surface area contributed by atoms with Gasteiger partial charge in [-0.05, 0) is 51.2 Å². The molecule has 5 heteroatoms. The highest BCUT2D eigenvalue weighted by Crippen LogP contribution is 2.22. The first-order valence-corrected chi connectivity index (χ1v) is 9.21. The summed E-state index contributed by atoms with van der Waals surface area (Å²) in [6, 6.07) is 7.58. The molecule has 134 valence electrons. The normalized spacial score (nSPS) is 20.4. The van der Waals surface area contributed by atoms with Crippen LogP contribution >= 0.6 is 0 Å². The third-order valence-electron chi connectivity index (χ3n) is 4.92. The molecule has 0 spiro atoms. The molecule has 0 radical (unpaired) electrons. The molecule has 1 heterocycles. The Kier molecular flexibility index (Phi) is 5.74. The second kappa shape index (κ2) is 8.19. The van der Waals surface area contributed by atoms with Gasteiger partial charge in [0.2, 0.25) is 5.91 Å². The van der Waals surface area contributed by atoms with Gasteiger partial charge in [0.1, 0.15) is 0 Å². The predicted molar refractivity (Wildman–Crippen MR) is 99.6 cm³/mol. The molecule has 3 rings (SSSR count). The van der Waals surface area contributed by atoms with E-state index in [9.17, 15) is 9.59 Å². The summed E-state index contributed by atoms with van der Waals surface area (Å²) in [5, 5.41) is 5.84. The zero-order valence-corrected chi connectivity index (χ0v) is 14.9. The van der Waals surface area contributed by atoms with Crippen LogP contribution in [0.4, 0.5) is 10.5 Å². The number of nitrogens with zero attached hydrogens (tertiary/aromatic N) is 1. The maximum Gasteiger partial charge on any atom is 0.315 e. The lowest BCUT2D eigenvalue weighted by Gasteiger charge is -2.18. The smallest absolute Gasteiger partial charge is 0.315 e. The molecule has 2 N–H and O–H groups in total. The Labute approximate surface area is 149 Å². The molecular weight excluding hydrogens is 314 g/mol. The number of carbonyl (C=O) groups is 2. The first kappa shape index (κ1) is 17.5. The van der Waals surface area contributed by atoms with Crippen LogP contribution in [0, 0.1) is 6.92 Å². The summed E-state index contributed by atoms with van der Waals surface area (Å²) >= 11 is 0. The van der Waals surface area contributed by atoms with E-state index in [4.69, 9.17) is 0 Å². The average molecular weight is 341 g/mol. The molecule has 0 saturated carbocycles. The number of aryl methyl sites for hydroxylation is 1. The van der Waals surface area contributed by atoms with Crippen molar-refractivity contribution in [2.24, 2.45) is 0 Å². The lowest BCUT2D eigenvalue weighted by Crippen LogP contribution is -2.43. The monoisotopic (exact) mass is 341 g/mol. The summed E-state index contributed by atoms with van der Waals surface area (Å²) in [4.78, 5) is 26.0. The van der Waals surface area contributed by atoms with Crippen LogP contribution < -0.4 is 15.5 Å². The van der Waals surface area contributed by atoms with E-state index in [0.717, 1.165) is 24.1 Å². The second-order valence-corrected chi connectivity index (χ2v) is 7.00. The van der Waals surface area contributed by atoms with Crippen LogP contribution in [-0.4, -0.2) is 31.1 Å². The van der Waals surface area contributed by atoms with Crippen molar-refractivity contribution in [2.75, 3.05) is 18.0 Å². The van der Waals surface area contributed by atoms with Gasteiger partial charge in [0.05, 0.1) is 6.04 Å². The largest absolute Gasteiger partial charge is 0.338 e. The third-order valence-corrected chi connectivity index (χ3v) is 4.92. The van der Waals surface area contributed by atoms with E-state index in [2.05, 4.69) is 16.7 Å². The molecule has 0 unspecified atom stereocenters. The second-order valence-electron chi connectivity index (χ2n) is 7.00. The van der Waals surface area contributed by atoms with Crippen LogP contribution in [0.3, 0.4) is 0 Å². The van der Waals surface area contributed by atoms with Crippen molar-refractivity contribution in [3.8, 4) is 0 Å². The molecule has 2 aliphatic rings. The molecule has 1 saturated heterocycles. The molecule has 1 fully saturated rings. The summed E-state index contributed by atoms with van der Waals surface area (Å²) in [6.07, 6.45) is 8.45. The first-order chi connectivity index (χ1) is 12.1. The van der Waals surface area contributed by atoms with Crippen LogP contribution in [0.15, 0.2) is 35.9 Å². The van der Waals surface area contributed by atoms with Crippen molar-refractivity contribution in [2.45, 2.75) is 51.5 Å². The van der Waals surface area contributed by atoms with Crippen molar-refractivity contribution in [1.29, 1.82) is 0 Å². The van der Waals surface area contributed by atoms with Gasteiger partial charge in [-0.1, -0.05) is 29.3 Å². The molecule has 0 aromatic heterocycles. The zero-order valence-electron chi connectivity index (χ0n) is 14.9. The van der Waals surface area contributed by atoms with Crippen LogP contribution in [-0.2, 0) is 4.79 Å². The molecule has 1 aromatic rings. The van der Waals surface area contributed by atoms with E-state index in [1.807, 2.05) is 31.2 Å².